The summed E-state index contributed by atoms with van der Waals surface area (Å²) in [6, 6.07) is 10.2. The molecule has 0 atom stereocenters. The van der Waals surface area contributed by atoms with Gasteiger partial charge in [-0.1, -0.05) is 23.2 Å². The molecule has 1 aliphatic heterocycles. The number of hydrogen-bond acceptors (Lipinski definition) is 5. The number of rotatable bonds is 6. The number of ether oxygens (including phenoxy) is 3. The molecule has 1 aliphatic rings. The molecule has 2 aromatic carbocycles. The number of cyclic esters (lactones) is 1. The summed E-state index contributed by atoms with van der Waals surface area (Å²) in [5.41, 5.74) is 1.29. The molecule has 0 N–H and O–H groups in total. The average molecular weight is 406 g/mol. The van der Waals surface area contributed by atoms with E-state index >= 15 is 0 Å². The lowest BCUT2D eigenvalue weighted by molar-refractivity contribution is -0.129. The van der Waals surface area contributed by atoms with Gasteiger partial charge < -0.3 is 14.2 Å². The van der Waals surface area contributed by atoms with E-state index in [0.717, 1.165) is 0 Å². The van der Waals surface area contributed by atoms with E-state index in [9.17, 15) is 4.79 Å². The first kappa shape index (κ1) is 19.3. The number of carbonyl (C=O) groups is 1. The molecule has 3 rings (SSSR count). The molecule has 0 fully saturated rings. The van der Waals surface area contributed by atoms with E-state index in [1.54, 1.807) is 42.5 Å². The highest BCUT2D eigenvalue weighted by atomic mass is 35.5. The standard InChI is InChI=1S/C20H17Cl2NO4/c1-3-25-14-7-5-12(18(11-14)26-4-2)9-17-20(24)27-19(23-17)15-10-13(21)6-8-16(15)22/h5-11H,3-4H2,1-2H3/b17-9-. The average Bonchev–Trinajstić information content (AvgIpc) is 3.00. The van der Waals surface area contributed by atoms with Crippen molar-refractivity contribution in [3.63, 3.8) is 0 Å². The highest BCUT2D eigenvalue weighted by Gasteiger charge is 2.26. The minimum absolute atomic E-state index is 0.114. The van der Waals surface area contributed by atoms with Gasteiger partial charge in [-0.3, -0.25) is 0 Å². The topological polar surface area (TPSA) is 57.1 Å². The Morgan fingerprint density at radius 3 is 2.59 bits per heavy atom. The molecule has 140 valence electrons. The maximum absolute atomic E-state index is 12.3. The third kappa shape index (κ3) is 4.43. The Kier molecular flexibility index (Phi) is 6.04. The predicted octanol–water partition coefficient (Wildman–Crippen LogP) is 5.14. The van der Waals surface area contributed by atoms with Gasteiger partial charge in [0.25, 0.3) is 0 Å². The maximum atomic E-state index is 12.3. The van der Waals surface area contributed by atoms with Crippen molar-refractivity contribution < 1.29 is 19.0 Å². The van der Waals surface area contributed by atoms with Crippen LogP contribution in [0.5, 0.6) is 11.5 Å². The van der Waals surface area contributed by atoms with Gasteiger partial charge in [0.15, 0.2) is 5.70 Å². The van der Waals surface area contributed by atoms with Crippen LogP contribution in [0.1, 0.15) is 25.0 Å². The Morgan fingerprint density at radius 1 is 1.07 bits per heavy atom. The smallest absolute Gasteiger partial charge is 0.363 e. The lowest BCUT2D eigenvalue weighted by Crippen LogP contribution is -2.06. The first-order valence-corrected chi connectivity index (χ1v) is 9.15. The first-order valence-electron chi connectivity index (χ1n) is 8.39. The third-order valence-corrected chi connectivity index (χ3v) is 4.23. The minimum atomic E-state index is -0.572. The highest BCUT2D eigenvalue weighted by molar-refractivity contribution is 6.36. The fourth-order valence-corrected chi connectivity index (χ4v) is 2.87. The molecule has 1 heterocycles. The molecule has 27 heavy (non-hydrogen) atoms. The number of esters is 1. The zero-order valence-electron chi connectivity index (χ0n) is 14.8. The van der Waals surface area contributed by atoms with E-state index in [1.807, 2.05) is 13.8 Å². The van der Waals surface area contributed by atoms with Gasteiger partial charge in [0.05, 0.1) is 23.8 Å². The second-order valence-electron chi connectivity index (χ2n) is 5.53. The van der Waals surface area contributed by atoms with Crippen LogP contribution in [0.3, 0.4) is 0 Å². The molecule has 2 aromatic rings. The van der Waals surface area contributed by atoms with E-state index in [1.165, 1.54) is 0 Å². The summed E-state index contributed by atoms with van der Waals surface area (Å²) < 4.78 is 16.4. The quantitative estimate of drug-likeness (QED) is 0.493. The van der Waals surface area contributed by atoms with Crippen molar-refractivity contribution in [1.29, 1.82) is 0 Å². The Hall–Kier alpha value is -2.50. The van der Waals surface area contributed by atoms with E-state index in [2.05, 4.69) is 4.99 Å². The van der Waals surface area contributed by atoms with Crippen molar-refractivity contribution in [2.45, 2.75) is 13.8 Å². The van der Waals surface area contributed by atoms with Gasteiger partial charge in [-0.05, 0) is 50.3 Å². The van der Waals surface area contributed by atoms with Crippen molar-refractivity contribution >= 4 is 41.1 Å². The predicted molar refractivity (Wildman–Crippen MR) is 106 cm³/mol. The summed E-state index contributed by atoms with van der Waals surface area (Å²) in [5.74, 6) is 0.820. The maximum Gasteiger partial charge on any atom is 0.363 e. The lowest BCUT2D eigenvalue weighted by atomic mass is 10.1. The SMILES string of the molecule is CCOc1ccc(/C=C2\N=C(c3cc(Cl)ccc3Cl)OC2=O)c(OCC)c1. The van der Waals surface area contributed by atoms with E-state index in [0.29, 0.717) is 45.9 Å². The van der Waals surface area contributed by atoms with Gasteiger partial charge in [0.1, 0.15) is 11.5 Å². The Morgan fingerprint density at radius 2 is 1.85 bits per heavy atom. The van der Waals surface area contributed by atoms with E-state index < -0.39 is 5.97 Å². The van der Waals surface area contributed by atoms with Crippen LogP contribution >= 0.6 is 23.2 Å². The molecule has 0 aliphatic carbocycles. The van der Waals surface area contributed by atoms with Gasteiger partial charge in [-0.2, -0.15) is 0 Å². The summed E-state index contributed by atoms with van der Waals surface area (Å²) in [5, 5.41) is 0.860. The molecular formula is C20H17Cl2NO4. The van der Waals surface area contributed by atoms with Crippen molar-refractivity contribution in [1.82, 2.24) is 0 Å². The van der Waals surface area contributed by atoms with Crippen LogP contribution in [0.4, 0.5) is 0 Å². The van der Waals surface area contributed by atoms with Crippen LogP contribution < -0.4 is 9.47 Å². The van der Waals surface area contributed by atoms with E-state index in [4.69, 9.17) is 37.4 Å². The van der Waals surface area contributed by atoms with Crippen molar-refractivity contribution in [3.05, 3.63) is 63.3 Å². The molecule has 0 radical (unpaired) electrons. The van der Waals surface area contributed by atoms with Gasteiger partial charge in [-0.15, -0.1) is 0 Å². The Labute approximate surface area is 167 Å². The third-order valence-electron chi connectivity index (χ3n) is 3.67. The van der Waals surface area contributed by atoms with Crippen LogP contribution in [0.2, 0.25) is 10.0 Å². The van der Waals surface area contributed by atoms with Crippen molar-refractivity contribution in [3.8, 4) is 11.5 Å². The van der Waals surface area contributed by atoms with Gasteiger partial charge in [0.2, 0.25) is 5.90 Å². The number of benzene rings is 2. The minimum Gasteiger partial charge on any atom is -0.494 e. The van der Waals surface area contributed by atoms with Gasteiger partial charge in [-0.25, -0.2) is 9.79 Å². The largest absolute Gasteiger partial charge is 0.494 e. The van der Waals surface area contributed by atoms with Crippen LogP contribution in [0.15, 0.2) is 47.1 Å². The highest BCUT2D eigenvalue weighted by Crippen LogP contribution is 2.30. The number of halogens is 2. The second-order valence-corrected chi connectivity index (χ2v) is 6.37. The molecule has 0 saturated carbocycles. The molecule has 7 heteroatoms. The van der Waals surface area contributed by atoms with Crippen LogP contribution in [-0.2, 0) is 9.53 Å². The fraction of sp³-hybridized carbons (Fsp3) is 0.200. The van der Waals surface area contributed by atoms with Gasteiger partial charge in [0, 0.05) is 16.7 Å². The Bertz CT molecular complexity index is 938. The summed E-state index contributed by atoms with van der Waals surface area (Å²) in [6.45, 7) is 4.81. The normalized spacial score (nSPS) is 14.9. The van der Waals surface area contributed by atoms with Crippen molar-refractivity contribution in [2.75, 3.05) is 13.2 Å². The van der Waals surface area contributed by atoms with Crippen LogP contribution in [0.25, 0.3) is 6.08 Å². The lowest BCUT2D eigenvalue weighted by Gasteiger charge is -2.10. The number of hydrogen-bond donors (Lipinski definition) is 0. The zero-order valence-corrected chi connectivity index (χ0v) is 16.3. The first-order chi connectivity index (χ1) is 13.0. The molecule has 5 nitrogen and oxygen atoms in total. The van der Waals surface area contributed by atoms with Gasteiger partial charge >= 0.3 is 5.97 Å². The number of nitrogens with zero attached hydrogens (tertiary/aromatic N) is 1. The molecule has 0 unspecified atom stereocenters. The summed E-state index contributed by atoms with van der Waals surface area (Å²) in [6.07, 6.45) is 1.61. The van der Waals surface area contributed by atoms with Crippen molar-refractivity contribution in [2.24, 2.45) is 4.99 Å². The number of aliphatic imine (C=N–C) groups is 1. The molecule has 0 spiro atoms. The molecule has 0 aromatic heterocycles. The molecule has 0 bridgehead atoms. The summed E-state index contributed by atoms with van der Waals surface area (Å²) >= 11 is 12.2. The zero-order chi connectivity index (χ0) is 19.4. The molecular weight excluding hydrogens is 389 g/mol. The number of carbonyl (C=O) groups excluding carboxylic acids is 1. The molecule has 0 saturated heterocycles. The second kappa shape index (κ2) is 8.46. The van der Waals surface area contributed by atoms with Crippen LogP contribution in [-0.4, -0.2) is 25.1 Å². The van der Waals surface area contributed by atoms with Crippen LogP contribution in [0, 0.1) is 0 Å². The fourth-order valence-electron chi connectivity index (χ4n) is 2.50. The monoisotopic (exact) mass is 405 g/mol. The summed E-state index contributed by atoms with van der Waals surface area (Å²) in [7, 11) is 0. The molecule has 0 amide bonds. The van der Waals surface area contributed by atoms with E-state index in [-0.39, 0.29) is 11.6 Å². The Balaban J connectivity index is 1.98. The summed E-state index contributed by atoms with van der Waals surface area (Å²) in [4.78, 5) is 16.5.